The van der Waals surface area contributed by atoms with E-state index >= 15 is 0 Å². The summed E-state index contributed by atoms with van der Waals surface area (Å²) < 4.78 is 0. The quantitative estimate of drug-likeness (QED) is 0.658. The first kappa shape index (κ1) is 14.6. The van der Waals surface area contributed by atoms with E-state index in [0.29, 0.717) is 6.42 Å². The zero-order valence-electron chi connectivity index (χ0n) is 11.3. The molecule has 1 rings (SSSR count). The fourth-order valence-electron chi connectivity index (χ4n) is 1.85. The molecule has 2 atom stereocenters. The van der Waals surface area contributed by atoms with Gasteiger partial charge < -0.3 is 10.6 Å². The maximum atomic E-state index is 12.3. The van der Waals surface area contributed by atoms with Gasteiger partial charge in [0.2, 0.25) is 17.7 Å². The van der Waals surface area contributed by atoms with Crippen LogP contribution in [0.4, 0.5) is 0 Å². The molecule has 1 unspecified atom stereocenters. The summed E-state index contributed by atoms with van der Waals surface area (Å²) in [5.41, 5.74) is 5.49. The summed E-state index contributed by atoms with van der Waals surface area (Å²) in [6, 6.07) is -1.34. The lowest BCUT2D eigenvalue weighted by Crippen LogP contribution is -2.63. The number of imide groups is 1. The Morgan fingerprint density at radius 3 is 2.50 bits per heavy atom. The highest BCUT2D eigenvalue weighted by Crippen LogP contribution is 2.21. The van der Waals surface area contributed by atoms with Crippen LogP contribution in [0.5, 0.6) is 0 Å². The average Bonchev–Trinajstić information content (AvgIpc) is 2.24. The Morgan fingerprint density at radius 1 is 1.50 bits per heavy atom. The highest BCUT2D eigenvalue weighted by Gasteiger charge is 2.40. The Balaban J connectivity index is 2.94. The fraction of sp³-hybridized carbons (Fsp3) is 0.750. The van der Waals surface area contributed by atoms with E-state index in [-0.39, 0.29) is 12.5 Å². The number of carbonyl (C=O) groups excluding carboxylic acids is 3. The summed E-state index contributed by atoms with van der Waals surface area (Å²) in [5.74, 6) is -1.24. The predicted octanol–water partition coefficient (Wildman–Crippen LogP) is -0.377. The zero-order valence-corrected chi connectivity index (χ0v) is 11.3. The third-order valence-corrected chi connectivity index (χ3v) is 3.12. The molecule has 18 heavy (non-hydrogen) atoms. The van der Waals surface area contributed by atoms with Crippen molar-refractivity contribution >= 4 is 17.7 Å². The molecule has 0 aromatic heterocycles. The number of piperazine rings is 1. The Morgan fingerprint density at radius 2 is 2.06 bits per heavy atom. The van der Waals surface area contributed by atoms with Gasteiger partial charge in [-0.3, -0.25) is 19.7 Å². The van der Waals surface area contributed by atoms with Gasteiger partial charge in [-0.2, -0.15) is 0 Å². The van der Waals surface area contributed by atoms with Gasteiger partial charge >= 0.3 is 0 Å². The number of hydrogen-bond donors (Lipinski definition) is 2. The third-order valence-electron chi connectivity index (χ3n) is 3.12. The van der Waals surface area contributed by atoms with Crippen molar-refractivity contribution in [2.24, 2.45) is 11.1 Å². The van der Waals surface area contributed by atoms with Crippen molar-refractivity contribution in [3.63, 3.8) is 0 Å². The number of hydrogen-bond acceptors (Lipinski definition) is 4. The predicted molar refractivity (Wildman–Crippen MR) is 66.4 cm³/mol. The normalized spacial score (nSPS) is 22.7. The van der Waals surface area contributed by atoms with E-state index < -0.39 is 29.3 Å². The van der Waals surface area contributed by atoms with Crippen molar-refractivity contribution in [1.82, 2.24) is 10.2 Å². The van der Waals surface area contributed by atoms with Gasteiger partial charge in [0, 0.05) is 0 Å². The standard InChI is InChI=1S/C12H21N3O3/c1-5-7-10(17)14-8(16)6-15(7)11(18)9(13)12(2,3)4/h7,9H,5-6,13H2,1-4H3,(H,14,16,17)/t7?,9-/m1/s1. The SMILES string of the molecule is CCC1C(=O)NC(=O)CN1C(=O)[C@@H](N)C(C)(C)C. The second-order valence-electron chi connectivity index (χ2n) is 5.65. The van der Waals surface area contributed by atoms with E-state index in [9.17, 15) is 14.4 Å². The van der Waals surface area contributed by atoms with Gasteiger partial charge in [0.15, 0.2) is 0 Å². The molecule has 1 fully saturated rings. The summed E-state index contributed by atoms with van der Waals surface area (Å²) in [7, 11) is 0. The summed E-state index contributed by atoms with van der Waals surface area (Å²) in [6.07, 6.45) is 0.460. The molecule has 1 aliphatic heterocycles. The zero-order chi connectivity index (χ0) is 14.1. The molecule has 1 aliphatic rings. The summed E-state index contributed by atoms with van der Waals surface area (Å²) >= 11 is 0. The average molecular weight is 255 g/mol. The van der Waals surface area contributed by atoms with Crippen LogP contribution in [-0.2, 0) is 14.4 Å². The lowest BCUT2D eigenvalue weighted by molar-refractivity contribution is -0.152. The molecule has 0 aromatic carbocycles. The maximum Gasteiger partial charge on any atom is 0.249 e. The second kappa shape index (κ2) is 5.06. The molecule has 1 heterocycles. The number of amides is 3. The largest absolute Gasteiger partial charge is 0.320 e. The third kappa shape index (κ3) is 2.87. The van der Waals surface area contributed by atoms with Crippen LogP contribution < -0.4 is 11.1 Å². The Labute approximate surface area is 107 Å². The molecule has 6 heteroatoms. The van der Waals surface area contributed by atoms with E-state index in [0.717, 1.165) is 0 Å². The minimum Gasteiger partial charge on any atom is -0.320 e. The van der Waals surface area contributed by atoms with Gasteiger partial charge in [0.1, 0.15) is 12.6 Å². The van der Waals surface area contributed by atoms with E-state index in [4.69, 9.17) is 5.73 Å². The van der Waals surface area contributed by atoms with Crippen molar-refractivity contribution < 1.29 is 14.4 Å². The van der Waals surface area contributed by atoms with Crippen molar-refractivity contribution in [2.75, 3.05) is 6.54 Å². The smallest absolute Gasteiger partial charge is 0.249 e. The monoisotopic (exact) mass is 255 g/mol. The van der Waals surface area contributed by atoms with Gasteiger partial charge in [0.25, 0.3) is 0 Å². The molecule has 0 bridgehead atoms. The molecule has 0 aromatic rings. The van der Waals surface area contributed by atoms with Crippen LogP contribution in [0.1, 0.15) is 34.1 Å². The van der Waals surface area contributed by atoms with Gasteiger partial charge in [-0.05, 0) is 11.8 Å². The topological polar surface area (TPSA) is 92.5 Å². The first-order valence-corrected chi connectivity index (χ1v) is 6.08. The minimum atomic E-state index is -0.731. The molecule has 1 saturated heterocycles. The number of nitrogens with zero attached hydrogens (tertiary/aromatic N) is 1. The first-order chi connectivity index (χ1) is 8.18. The number of nitrogens with one attached hydrogen (secondary N) is 1. The van der Waals surface area contributed by atoms with Crippen LogP contribution in [0, 0.1) is 5.41 Å². The Kier molecular flexibility index (Phi) is 4.11. The van der Waals surface area contributed by atoms with Gasteiger partial charge in [-0.15, -0.1) is 0 Å². The van der Waals surface area contributed by atoms with Gasteiger partial charge in [-0.1, -0.05) is 27.7 Å². The molecule has 0 spiro atoms. The van der Waals surface area contributed by atoms with Crippen LogP contribution in [0.2, 0.25) is 0 Å². The van der Waals surface area contributed by atoms with E-state index in [2.05, 4.69) is 5.32 Å². The van der Waals surface area contributed by atoms with Gasteiger partial charge in [0.05, 0.1) is 6.04 Å². The van der Waals surface area contributed by atoms with E-state index in [1.165, 1.54) is 4.90 Å². The number of nitrogens with two attached hydrogens (primary N) is 1. The number of rotatable bonds is 2. The van der Waals surface area contributed by atoms with E-state index in [1.54, 1.807) is 6.92 Å². The van der Waals surface area contributed by atoms with Crippen molar-refractivity contribution in [3.05, 3.63) is 0 Å². The van der Waals surface area contributed by atoms with Crippen LogP contribution in [-0.4, -0.2) is 41.2 Å². The molecule has 3 N–H and O–H groups in total. The van der Waals surface area contributed by atoms with Crippen molar-refractivity contribution in [2.45, 2.75) is 46.2 Å². The molecule has 0 saturated carbocycles. The Hall–Kier alpha value is -1.43. The molecule has 0 radical (unpaired) electrons. The molecule has 6 nitrogen and oxygen atoms in total. The van der Waals surface area contributed by atoms with Gasteiger partial charge in [-0.25, -0.2) is 0 Å². The second-order valence-corrected chi connectivity index (χ2v) is 5.65. The molecule has 3 amide bonds. The maximum absolute atomic E-state index is 12.3. The van der Waals surface area contributed by atoms with Crippen molar-refractivity contribution in [1.29, 1.82) is 0 Å². The summed E-state index contributed by atoms with van der Waals surface area (Å²) in [4.78, 5) is 36.6. The summed E-state index contributed by atoms with van der Waals surface area (Å²) in [6.45, 7) is 7.24. The van der Waals surface area contributed by atoms with Crippen molar-refractivity contribution in [3.8, 4) is 0 Å². The first-order valence-electron chi connectivity index (χ1n) is 6.08. The molecular formula is C12H21N3O3. The molecular weight excluding hydrogens is 234 g/mol. The van der Waals surface area contributed by atoms with Crippen LogP contribution in [0.15, 0.2) is 0 Å². The highest BCUT2D eigenvalue weighted by atomic mass is 16.2. The fourth-order valence-corrected chi connectivity index (χ4v) is 1.85. The Bertz CT molecular complexity index is 373. The summed E-state index contributed by atoms with van der Waals surface area (Å²) in [5, 5.41) is 2.23. The van der Waals surface area contributed by atoms with Crippen LogP contribution in [0.3, 0.4) is 0 Å². The lowest BCUT2D eigenvalue weighted by atomic mass is 9.86. The van der Waals surface area contributed by atoms with Crippen LogP contribution >= 0.6 is 0 Å². The molecule has 0 aliphatic carbocycles. The lowest BCUT2D eigenvalue weighted by Gasteiger charge is -2.37. The van der Waals surface area contributed by atoms with Crippen LogP contribution in [0.25, 0.3) is 0 Å². The minimum absolute atomic E-state index is 0.104. The molecule has 102 valence electrons. The number of carbonyl (C=O) groups is 3. The van der Waals surface area contributed by atoms with E-state index in [1.807, 2.05) is 20.8 Å². The highest BCUT2D eigenvalue weighted by molar-refractivity contribution is 6.04.